The zero-order valence-corrected chi connectivity index (χ0v) is 15.3. The number of anilines is 1. The van der Waals surface area contributed by atoms with Crippen LogP contribution in [0.1, 0.15) is 24.5 Å². The van der Waals surface area contributed by atoms with Crippen LogP contribution in [0.15, 0.2) is 35.2 Å². The third-order valence-electron chi connectivity index (χ3n) is 4.40. The van der Waals surface area contributed by atoms with Crippen LogP contribution in [0.3, 0.4) is 0 Å². The van der Waals surface area contributed by atoms with Crippen LogP contribution < -0.4 is 5.73 Å². The highest BCUT2D eigenvalue weighted by Gasteiger charge is 2.38. The van der Waals surface area contributed by atoms with Crippen LogP contribution in [0.4, 0.5) is 14.6 Å². The molecule has 0 amide bonds. The van der Waals surface area contributed by atoms with Gasteiger partial charge in [-0.25, -0.2) is 18.7 Å². The molecule has 25 heavy (non-hydrogen) atoms. The van der Waals surface area contributed by atoms with Crippen LogP contribution in [0, 0.1) is 6.92 Å². The van der Waals surface area contributed by atoms with Crippen LogP contribution in [-0.4, -0.2) is 25.9 Å². The summed E-state index contributed by atoms with van der Waals surface area (Å²) >= 11 is 3.29. The maximum absolute atomic E-state index is 13.4. The van der Waals surface area contributed by atoms with Gasteiger partial charge in [0.25, 0.3) is 6.43 Å². The summed E-state index contributed by atoms with van der Waals surface area (Å²) in [6.07, 6.45) is 0.339. The first kappa shape index (κ1) is 17.8. The number of rotatable bonds is 4. The van der Waals surface area contributed by atoms with E-state index in [1.807, 2.05) is 6.92 Å². The molecule has 3 rings (SSSR count). The molecule has 0 saturated carbocycles. The maximum atomic E-state index is 13.4. The summed E-state index contributed by atoms with van der Waals surface area (Å²) in [5.74, 6) is 0.257. The molecule has 0 aliphatic rings. The van der Waals surface area contributed by atoms with Gasteiger partial charge in [0, 0.05) is 11.8 Å². The predicted octanol–water partition coefficient (Wildman–Crippen LogP) is 3.91. The molecule has 1 unspecified atom stereocenters. The maximum Gasteiger partial charge on any atom is 0.270 e. The van der Waals surface area contributed by atoms with E-state index in [0.29, 0.717) is 21.5 Å². The van der Waals surface area contributed by atoms with Gasteiger partial charge in [-0.1, -0.05) is 19.1 Å². The van der Waals surface area contributed by atoms with Gasteiger partial charge in [0.15, 0.2) is 11.5 Å². The van der Waals surface area contributed by atoms with Gasteiger partial charge in [-0.3, -0.25) is 4.40 Å². The Kier molecular flexibility index (Phi) is 4.51. The van der Waals surface area contributed by atoms with E-state index in [1.165, 1.54) is 13.0 Å². The van der Waals surface area contributed by atoms with Gasteiger partial charge in [-0.05, 0) is 46.5 Å². The number of halogens is 3. The summed E-state index contributed by atoms with van der Waals surface area (Å²) < 4.78 is 29.1. The Morgan fingerprint density at radius 1 is 1.40 bits per heavy atom. The summed E-state index contributed by atoms with van der Waals surface area (Å²) in [5, 5.41) is 10.4. The molecule has 1 aromatic carbocycles. The zero-order valence-electron chi connectivity index (χ0n) is 13.7. The molecule has 2 heterocycles. The fourth-order valence-corrected chi connectivity index (χ4v) is 3.23. The fourth-order valence-electron chi connectivity index (χ4n) is 2.83. The molecule has 3 N–H and O–H groups in total. The molecule has 0 aliphatic heterocycles. The number of nitrogen functional groups attached to an aromatic ring is 1. The number of fused-ring (bicyclic) bond motifs is 1. The van der Waals surface area contributed by atoms with Crippen molar-refractivity contribution in [1.82, 2.24) is 14.4 Å². The van der Waals surface area contributed by atoms with Crippen molar-refractivity contribution >= 4 is 27.4 Å². The van der Waals surface area contributed by atoms with Gasteiger partial charge in [-0.15, -0.1) is 0 Å². The quantitative estimate of drug-likeness (QED) is 0.683. The highest BCUT2D eigenvalue weighted by molar-refractivity contribution is 9.10. The van der Waals surface area contributed by atoms with E-state index >= 15 is 0 Å². The monoisotopic (exact) mass is 410 g/mol. The van der Waals surface area contributed by atoms with E-state index in [4.69, 9.17) is 5.73 Å². The number of benzene rings is 1. The number of imidazole rings is 1. The van der Waals surface area contributed by atoms with Crippen molar-refractivity contribution in [3.8, 4) is 11.3 Å². The molecule has 132 valence electrons. The minimum Gasteiger partial charge on any atom is -0.381 e. The average molecular weight is 411 g/mol. The topological polar surface area (TPSA) is 76.4 Å². The Balaban J connectivity index is 2.24. The fraction of sp³-hybridized carbons (Fsp3) is 0.294. The van der Waals surface area contributed by atoms with Gasteiger partial charge in [-0.2, -0.15) is 0 Å². The van der Waals surface area contributed by atoms with E-state index in [1.54, 1.807) is 28.9 Å². The van der Waals surface area contributed by atoms with Crippen LogP contribution in [0.2, 0.25) is 0 Å². The molecule has 0 radical (unpaired) electrons. The molecule has 0 fully saturated rings. The van der Waals surface area contributed by atoms with Gasteiger partial charge in [0.05, 0.1) is 11.9 Å². The van der Waals surface area contributed by atoms with Crippen LogP contribution in [-0.2, 0) is 5.60 Å². The highest BCUT2D eigenvalue weighted by Crippen LogP contribution is 2.36. The Hall–Kier alpha value is -2.06. The molecule has 3 aromatic rings. The molecule has 8 heteroatoms. The molecular weight excluding hydrogens is 394 g/mol. The lowest BCUT2D eigenvalue weighted by molar-refractivity contribution is -0.104. The van der Waals surface area contributed by atoms with Crippen molar-refractivity contribution < 1.29 is 13.9 Å². The number of nitrogens with zero attached hydrogens (tertiary/aromatic N) is 3. The third-order valence-corrected chi connectivity index (χ3v) is 4.78. The smallest absolute Gasteiger partial charge is 0.270 e. The Labute approximate surface area is 151 Å². The molecule has 1 atom stereocenters. The standard InChI is InChI=1S/C17H17BrF2N4O/c1-3-17(25,16(19)20)10-5-4-9(2)11(6-10)12-7-22-15-14(21)23-13(18)8-24(12)15/h4-8,16,25H,3H2,1-2H3,(H2,21,23). The number of aromatic nitrogens is 3. The van der Waals surface area contributed by atoms with Crippen LogP contribution in [0.5, 0.6) is 0 Å². The first-order chi connectivity index (χ1) is 11.8. The summed E-state index contributed by atoms with van der Waals surface area (Å²) in [6.45, 7) is 3.40. The van der Waals surface area contributed by atoms with Crippen molar-refractivity contribution in [3.05, 3.63) is 46.3 Å². The van der Waals surface area contributed by atoms with E-state index in [9.17, 15) is 13.9 Å². The number of alkyl halides is 2. The number of hydrogen-bond acceptors (Lipinski definition) is 4. The summed E-state index contributed by atoms with van der Waals surface area (Å²) in [4.78, 5) is 8.36. The Morgan fingerprint density at radius 3 is 2.76 bits per heavy atom. The molecule has 0 bridgehead atoms. The summed E-state index contributed by atoms with van der Waals surface area (Å²) in [7, 11) is 0. The van der Waals surface area contributed by atoms with Crippen molar-refractivity contribution in [1.29, 1.82) is 0 Å². The van der Waals surface area contributed by atoms with Gasteiger partial charge in [0.2, 0.25) is 0 Å². The van der Waals surface area contributed by atoms with Crippen LogP contribution >= 0.6 is 15.9 Å². The van der Waals surface area contributed by atoms with Gasteiger partial charge < -0.3 is 10.8 Å². The molecule has 0 saturated heterocycles. The van der Waals surface area contributed by atoms with Crippen LogP contribution in [0.25, 0.3) is 16.9 Å². The third kappa shape index (κ3) is 2.89. The second-order valence-corrected chi connectivity index (χ2v) is 6.71. The number of aryl methyl sites for hydroxylation is 1. The minimum atomic E-state index is -2.88. The Morgan fingerprint density at radius 2 is 2.12 bits per heavy atom. The zero-order chi connectivity index (χ0) is 18.4. The molecule has 2 aromatic heterocycles. The first-order valence-corrected chi connectivity index (χ1v) is 8.48. The van der Waals surface area contributed by atoms with Crippen molar-refractivity contribution in [3.63, 3.8) is 0 Å². The second-order valence-electron chi connectivity index (χ2n) is 5.89. The largest absolute Gasteiger partial charge is 0.381 e. The predicted molar refractivity (Wildman–Crippen MR) is 95.5 cm³/mol. The van der Waals surface area contributed by atoms with Crippen molar-refractivity contribution in [2.75, 3.05) is 5.73 Å². The number of hydrogen-bond donors (Lipinski definition) is 2. The van der Waals surface area contributed by atoms with E-state index in [0.717, 1.165) is 5.56 Å². The van der Waals surface area contributed by atoms with E-state index in [-0.39, 0.29) is 17.8 Å². The minimum absolute atomic E-state index is 0.0945. The van der Waals surface area contributed by atoms with Gasteiger partial charge >= 0.3 is 0 Å². The molecule has 0 aliphatic carbocycles. The first-order valence-electron chi connectivity index (χ1n) is 7.69. The normalized spacial score (nSPS) is 14.2. The lowest BCUT2D eigenvalue weighted by Crippen LogP contribution is -2.33. The van der Waals surface area contributed by atoms with Crippen molar-refractivity contribution in [2.45, 2.75) is 32.3 Å². The van der Waals surface area contributed by atoms with Gasteiger partial charge in [0.1, 0.15) is 10.2 Å². The number of nitrogens with two attached hydrogens (primary N) is 1. The SMILES string of the molecule is CCC(O)(c1ccc(C)c(-c2cnc3c(N)nc(Br)cn23)c1)C(F)F. The molecular formula is C17H17BrF2N4O. The molecule has 0 spiro atoms. The lowest BCUT2D eigenvalue weighted by Gasteiger charge is -2.27. The van der Waals surface area contributed by atoms with Crippen molar-refractivity contribution in [2.24, 2.45) is 0 Å². The highest BCUT2D eigenvalue weighted by atomic mass is 79.9. The van der Waals surface area contributed by atoms with E-state index < -0.39 is 12.0 Å². The molecule has 5 nitrogen and oxygen atoms in total. The second kappa shape index (κ2) is 6.34. The lowest BCUT2D eigenvalue weighted by atomic mass is 9.88. The summed E-state index contributed by atoms with van der Waals surface area (Å²) in [5.41, 5.74) is 6.57. The average Bonchev–Trinajstić information content (AvgIpc) is 2.98. The van der Waals surface area contributed by atoms with E-state index in [2.05, 4.69) is 25.9 Å². The summed E-state index contributed by atoms with van der Waals surface area (Å²) in [6, 6.07) is 4.83. The Bertz CT molecular complexity index is 944. The number of aliphatic hydroxyl groups is 1.